The quantitative estimate of drug-likeness (QED) is 0.875. The lowest BCUT2D eigenvalue weighted by atomic mass is 10.1. The zero-order chi connectivity index (χ0) is 12.7. The summed E-state index contributed by atoms with van der Waals surface area (Å²) in [5, 5.41) is 3.43. The van der Waals surface area contributed by atoms with Crippen LogP contribution in [0.5, 0.6) is 0 Å². The van der Waals surface area contributed by atoms with Gasteiger partial charge in [0.2, 0.25) is 0 Å². The van der Waals surface area contributed by atoms with Crippen LogP contribution in [0.15, 0.2) is 12.1 Å². The molecule has 1 aliphatic carbocycles. The molecule has 1 unspecified atom stereocenters. The monoisotopic (exact) mass is 297 g/mol. The van der Waals surface area contributed by atoms with Crippen molar-refractivity contribution in [3.63, 3.8) is 0 Å². The molecule has 1 nitrogen and oxygen atoms in total. The van der Waals surface area contributed by atoms with Crippen LogP contribution in [-0.4, -0.2) is 7.05 Å². The Morgan fingerprint density at radius 3 is 2.61 bits per heavy atom. The van der Waals surface area contributed by atoms with E-state index in [1.807, 2.05) is 18.4 Å². The highest BCUT2D eigenvalue weighted by molar-refractivity contribution is 7.17. The largest absolute Gasteiger partial charge is 0.308 e. The lowest BCUT2D eigenvalue weighted by Crippen LogP contribution is -2.15. The van der Waals surface area contributed by atoms with Gasteiger partial charge in [0, 0.05) is 14.6 Å². The molecule has 0 spiro atoms. The van der Waals surface area contributed by atoms with Crippen LogP contribution >= 0.6 is 34.3 Å². The summed E-state index contributed by atoms with van der Waals surface area (Å²) in [6.07, 6.45) is 3.85. The minimum atomic E-state index is 0.303. The first kappa shape index (κ1) is 12.7. The van der Waals surface area contributed by atoms with E-state index in [2.05, 4.69) is 24.4 Å². The number of hydrogen-bond donors (Lipinski definition) is 1. The molecule has 1 aliphatic rings. The Morgan fingerprint density at radius 2 is 2.00 bits per heavy atom. The topological polar surface area (TPSA) is 12.0 Å². The second kappa shape index (κ2) is 4.97. The molecule has 0 saturated heterocycles. The van der Waals surface area contributed by atoms with Crippen molar-refractivity contribution < 1.29 is 0 Å². The molecule has 2 aromatic rings. The van der Waals surface area contributed by atoms with Gasteiger partial charge in [-0.15, -0.1) is 22.7 Å². The second-order valence-electron chi connectivity index (χ2n) is 4.78. The maximum atomic E-state index is 6.19. The van der Waals surface area contributed by atoms with Gasteiger partial charge in [0.25, 0.3) is 0 Å². The predicted molar refractivity (Wildman–Crippen MR) is 81.3 cm³/mol. The van der Waals surface area contributed by atoms with E-state index in [9.17, 15) is 0 Å². The molecule has 0 fully saturated rings. The number of fused-ring (bicyclic) bond motifs is 1. The van der Waals surface area contributed by atoms with E-state index >= 15 is 0 Å². The van der Waals surface area contributed by atoms with Crippen molar-refractivity contribution in [2.24, 2.45) is 0 Å². The Hall–Kier alpha value is -0.350. The number of nitrogens with one attached hydrogen (secondary N) is 1. The SMILES string of the molecule is CNC(c1cc(C)c(Cl)s1)c1cc2c(s1)CCC2. The van der Waals surface area contributed by atoms with E-state index in [-0.39, 0.29) is 0 Å². The third-order valence-electron chi connectivity index (χ3n) is 3.50. The fourth-order valence-corrected chi connectivity index (χ4v) is 5.35. The van der Waals surface area contributed by atoms with Gasteiger partial charge in [0.1, 0.15) is 0 Å². The predicted octanol–water partition coefficient (Wildman–Crippen LogP) is 4.57. The zero-order valence-corrected chi connectivity index (χ0v) is 12.9. The summed E-state index contributed by atoms with van der Waals surface area (Å²) in [4.78, 5) is 4.34. The average Bonchev–Trinajstić information content (AvgIpc) is 2.96. The molecule has 96 valence electrons. The fraction of sp³-hybridized carbons (Fsp3) is 0.429. The summed E-state index contributed by atoms with van der Waals surface area (Å²) in [6.45, 7) is 2.07. The van der Waals surface area contributed by atoms with E-state index < -0.39 is 0 Å². The molecule has 1 N–H and O–H groups in total. The van der Waals surface area contributed by atoms with Gasteiger partial charge in [0.05, 0.1) is 10.4 Å². The Kier molecular flexibility index (Phi) is 3.50. The van der Waals surface area contributed by atoms with Crippen molar-refractivity contribution in [1.82, 2.24) is 5.32 Å². The third kappa shape index (κ3) is 2.14. The summed E-state index contributed by atoms with van der Waals surface area (Å²) >= 11 is 9.84. The van der Waals surface area contributed by atoms with Gasteiger partial charge in [-0.2, -0.15) is 0 Å². The Bertz CT molecular complexity index is 529. The van der Waals surface area contributed by atoms with Gasteiger partial charge in [-0.1, -0.05) is 11.6 Å². The molecule has 0 radical (unpaired) electrons. The lowest BCUT2D eigenvalue weighted by Gasteiger charge is -2.12. The number of aryl methyl sites for hydroxylation is 3. The number of hydrogen-bond acceptors (Lipinski definition) is 3. The maximum absolute atomic E-state index is 6.19. The second-order valence-corrected chi connectivity index (χ2v) is 7.63. The minimum Gasteiger partial charge on any atom is -0.308 e. The summed E-state index contributed by atoms with van der Waals surface area (Å²) in [5.74, 6) is 0. The molecule has 0 aliphatic heterocycles. The van der Waals surface area contributed by atoms with Crippen LogP contribution in [0.3, 0.4) is 0 Å². The van der Waals surface area contributed by atoms with E-state index in [4.69, 9.17) is 11.6 Å². The van der Waals surface area contributed by atoms with Gasteiger partial charge in [0.15, 0.2) is 0 Å². The number of thiophene rings is 2. The molecule has 0 saturated carbocycles. The molecule has 4 heteroatoms. The van der Waals surface area contributed by atoms with E-state index in [0.29, 0.717) is 6.04 Å². The highest BCUT2D eigenvalue weighted by Crippen LogP contribution is 2.39. The molecule has 0 aromatic carbocycles. The van der Waals surface area contributed by atoms with E-state index in [0.717, 1.165) is 4.34 Å². The summed E-state index contributed by atoms with van der Waals surface area (Å²) in [6, 6.07) is 4.90. The highest BCUT2D eigenvalue weighted by atomic mass is 35.5. The van der Waals surface area contributed by atoms with Crippen molar-refractivity contribution in [2.45, 2.75) is 32.2 Å². The van der Waals surface area contributed by atoms with Crippen LogP contribution in [0, 0.1) is 6.92 Å². The normalized spacial score (nSPS) is 15.9. The average molecular weight is 298 g/mol. The Labute approximate surface area is 121 Å². The van der Waals surface area contributed by atoms with Gasteiger partial charge in [-0.05, 0) is 56.5 Å². The van der Waals surface area contributed by atoms with Crippen molar-refractivity contribution >= 4 is 34.3 Å². The van der Waals surface area contributed by atoms with Crippen LogP contribution in [0.1, 0.15) is 38.2 Å². The van der Waals surface area contributed by atoms with Gasteiger partial charge in [-0.3, -0.25) is 0 Å². The standard InChI is InChI=1S/C14H16ClNS2/c1-8-6-11(18-14(8)15)13(16-2)12-7-9-4-3-5-10(9)17-12/h6-7,13,16H,3-5H2,1-2H3. The summed E-state index contributed by atoms with van der Waals surface area (Å²) in [7, 11) is 2.03. The van der Waals surface area contributed by atoms with Crippen LogP contribution in [0.4, 0.5) is 0 Å². The summed E-state index contributed by atoms with van der Waals surface area (Å²) < 4.78 is 0.911. The Balaban J connectivity index is 1.96. The Morgan fingerprint density at radius 1 is 1.22 bits per heavy atom. The van der Waals surface area contributed by atoms with Crippen LogP contribution in [-0.2, 0) is 12.8 Å². The molecule has 3 rings (SSSR count). The summed E-state index contributed by atoms with van der Waals surface area (Å²) in [5.41, 5.74) is 2.75. The van der Waals surface area contributed by atoms with Crippen LogP contribution < -0.4 is 5.32 Å². The molecule has 0 amide bonds. The van der Waals surface area contributed by atoms with Crippen LogP contribution in [0.2, 0.25) is 4.34 Å². The smallest absolute Gasteiger partial charge is 0.0961 e. The van der Waals surface area contributed by atoms with Crippen molar-refractivity contribution in [2.75, 3.05) is 7.05 Å². The highest BCUT2D eigenvalue weighted by Gasteiger charge is 2.22. The molecular formula is C14H16ClNS2. The minimum absolute atomic E-state index is 0.303. The van der Waals surface area contributed by atoms with Crippen molar-refractivity contribution in [3.8, 4) is 0 Å². The van der Waals surface area contributed by atoms with Crippen molar-refractivity contribution in [3.05, 3.63) is 42.2 Å². The molecule has 2 aromatic heterocycles. The van der Waals surface area contributed by atoms with Crippen LogP contribution in [0.25, 0.3) is 0 Å². The van der Waals surface area contributed by atoms with E-state index in [1.54, 1.807) is 21.8 Å². The number of halogens is 1. The lowest BCUT2D eigenvalue weighted by molar-refractivity contribution is 0.715. The zero-order valence-electron chi connectivity index (χ0n) is 10.5. The molecule has 2 heterocycles. The first-order valence-corrected chi connectivity index (χ1v) is 8.24. The molecule has 1 atom stereocenters. The van der Waals surface area contributed by atoms with Crippen molar-refractivity contribution in [1.29, 1.82) is 0 Å². The van der Waals surface area contributed by atoms with Gasteiger partial charge >= 0.3 is 0 Å². The molecule has 0 bridgehead atoms. The molecular weight excluding hydrogens is 282 g/mol. The third-order valence-corrected chi connectivity index (χ3v) is 6.42. The van der Waals surface area contributed by atoms with Gasteiger partial charge in [-0.25, -0.2) is 0 Å². The van der Waals surface area contributed by atoms with E-state index in [1.165, 1.54) is 34.6 Å². The first-order chi connectivity index (χ1) is 8.69. The molecule has 18 heavy (non-hydrogen) atoms. The van der Waals surface area contributed by atoms with Gasteiger partial charge < -0.3 is 5.32 Å². The maximum Gasteiger partial charge on any atom is 0.0961 e. The first-order valence-electron chi connectivity index (χ1n) is 6.23. The number of rotatable bonds is 3. The fourth-order valence-electron chi connectivity index (χ4n) is 2.54.